The van der Waals surface area contributed by atoms with Gasteiger partial charge in [-0.15, -0.1) is 0 Å². The number of hydrogen-bond acceptors (Lipinski definition) is 7. The van der Waals surface area contributed by atoms with Crippen LogP contribution in [0.1, 0.15) is 30.0 Å². The van der Waals surface area contributed by atoms with E-state index in [1.54, 1.807) is 43.3 Å². The molecule has 0 aliphatic carbocycles. The molecule has 0 saturated heterocycles. The Morgan fingerprint density at radius 2 is 1.70 bits per heavy atom. The summed E-state index contributed by atoms with van der Waals surface area (Å²) < 4.78 is 39.7. The highest BCUT2D eigenvalue weighted by Gasteiger charge is 2.14. The third-order valence-corrected chi connectivity index (χ3v) is 5.00. The largest absolute Gasteiger partial charge is 0.491 e. The van der Waals surface area contributed by atoms with Gasteiger partial charge in [-0.2, -0.15) is 0 Å². The van der Waals surface area contributed by atoms with E-state index in [0.29, 0.717) is 34.4 Å². The van der Waals surface area contributed by atoms with Crippen molar-refractivity contribution < 1.29 is 27.2 Å². The summed E-state index contributed by atoms with van der Waals surface area (Å²) in [7, 11) is -3.30. The van der Waals surface area contributed by atoms with Crippen molar-refractivity contribution in [3.05, 3.63) is 59.9 Å². The maximum atomic E-state index is 12.7. The number of aromatic nitrogens is 1. The summed E-state index contributed by atoms with van der Waals surface area (Å²) in [5.74, 6) is 1.70. The van der Waals surface area contributed by atoms with Gasteiger partial charge in [-0.3, -0.25) is 4.79 Å². The molecule has 1 N–H and O–H groups in total. The van der Waals surface area contributed by atoms with Crippen molar-refractivity contribution in [3.8, 4) is 17.2 Å². The van der Waals surface area contributed by atoms with E-state index in [1.165, 1.54) is 12.1 Å². The van der Waals surface area contributed by atoms with E-state index in [2.05, 4.69) is 10.5 Å². The standard InChI is InChI=1S/C21H22N2O6S/c1-13(2)27-17-10-15(21(24)22-20-9-14(3)29-23-20)11-18(12-17)28-16-5-7-19(8-6-16)30(4,25)26/h5-13H,1-4H3,(H,22,23,24). The van der Waals surface area contributed by atoms with Gasteiger partial charge in [-0.25, -0.2) is 8.42 Å². The molecule has 1 heterocycles. The summed E-state index contributed by atoms with van der Waals surface area (Å²) in [6, 6.07) is 12.4. The van der Waals surface area contributed by atoms with Crippen molar-refractivity contribution in [2.45, 2.75) is 31.8 Å². The second-order valence-corrected chi connectivity index (χ2v) is 9.00. The number of carbonyl (C=O) groups is 1. The van der Waals surface area contributed by atoms with E-state index >= 15 is 0 Å². The number of nitrogens with one attached hydrogen (secondary N) is 1. The summed E-state index contributed by atoms with van der Waals surface area (Å²) in [5, 5.41) is 6.40. The van der Waals surface area contributed by atoms with Crippen LogP contribution >= 0.6 is 0 Å². The zero-order valence-electron chi connectivity index (χ0n) is 17.0. The quantitative estimate of drug-likeness (QED) is 0.598. The lowest BCUT2D eigenvalue weighted by molar-refractivity contribution is 0.102. The summed E-state index contributed by atoms with van der Waals surface area (Å²) in [5.41, 5.74) is 0.302. The molecule has 158 valence electrons. The van der Waals surface area contributed by atoms with Gasteiger partial charge in [0.2, 0.25) is 0 Å². The first-order chi connectivity index (χ1) is 14.1. The van der Waals surface area contributed by atoms with E-state index < -0.39 is 15.7 Å². The Bertz CT molecular complexity index is 1150. The lowest BCUT2D eigenvalue weighted by atomic mass is 10.2. The van der Waals surface area contributed by atoms with E-state index in [1.807, 2.05) is 13.8 Å². The molecule has 2 aromatic carbocycles. The topological polar surface area (TPSA) is 108 Å². The molecule has 8 nitrogen and oxygen atoms in total. The van der Waals surface area contributed by atoms with Gasteiger partial charge in [-0.05, 0) is 57.2 Å². The van der Waals surface area contributed by atoms with Crippen molar-refractivity contribution >= 4 is 21.6 Å². The second-order valence-electron chi connectivity index (χ2n) is 6.98. The molecule has 0 radical (unpaired) electrons. The number of benzene rings is 2. The number of rotatable bonds is 7. The maximum absolute atomic E-state index is 12.7. The van der Waals surface area contributed by atoms with Crippen LogP contribution in [0.4, 0.5) is 5.82 Å². The Morgan fingerprint density at radius 1 is 1.03 bits per heavy atom. The molecule has 0 unspecified atom stereocenters. The predicted octanol–water partition coefficient (Wildman–Crippen LogP) is 4.22. The van der Waals surface area contributed by atoms with Crippen LogP contribution in [0.15, 0.2) is 57.9 Å². The van der Waals surface area contributed by atoms with Crippen LogP contribution in [0.25, 0.3) is 0 Å². The highest BCUT2D eigenvalue weighted by Crippen LogP contribution is 2.29. The Kier molecular flexibility index (Phi) is 6.12. The minimum Gasteiger partial charge on any atom is -0.491 e. The molecule has 1 amide bonds. The summed E-state index contributed by atoms with van der Waals surface area (Å²) in [4.78, 5) is 12.8. The summed E-state index contributed by atoms with van der Waals surface area (Å²) >= 11 is 0. The zero-order valence-corrected chi connectivity index (χ0v) is 17.8. The first-order valence-electron chi connectivity index (χ1n) is 9.14. The van der Waals surface area contributed by atoms with Gasteiger partial charge in [0.25, 0.3) is 5.91 Å². The van der Waals surface area contributed by atoms with Crippen molar-refractivity contribution in [3.63, 3.8) is 0 Å². The molecule has 0 aliphatic heterocycles. The fourth-order valence-corrected chi connectivity index (χ4v) is 3.24. The van der Waals surface area contributed by atoms with Crippen LogP contribution in [-0.4, -0.2) is 31.8 Å². The smallest absolute Gasteiger partial charge is 0.257 e. The number of aryl methyl sites for hydroxylation is 1. The van der Waals surface area contributed by atoms with E-state index in [-0.39, 0.29) is 11.0 Å². The highest BCUT2D eigenvalue weighted by molar-refractivity contribution is 7.90. The van der Waals surface area contributed by atoms with Crippen molar-refractivity contribution in [1.82, 2.24) is 5.16 Å². The van der Waals surface area contributed by atoms with Gasteiger partial charge in [0.1, 0.15) is 23.0 Å². The summed E-state index contributed by atoms with van der Waals surface area (Å²) in [6.07, 6.45) is 1.03. The molecule has 1 aromatic heterocycles. The maximum Gasteiger partial charge on any atom is 0.257 e. The molecule has 0 spiro atoms. The molecule has 9 heteroatoms. The number of amides is 1. The second kappa shape index (κ2) is 8.58. The Labute approximate surface area is 174 Å². The normalized spacial score (nSPS) is 11.4. The summed E-state index contributed by atoms with van der Waals surface area (Å²) in [6.45, 7) is 5.46. The minimum atomic E-state index is -3.30. The lowest BCUT2D eigenvalue weighted by Gasteiger charge is -2.14. The van der Waals surface area contributed by atoms with Gasteiger partial charge in [0, 0.05) is 24.0 Å². The number of sulfone groups is 1. The van der Waals surface area contributed by atoms with E-state index in [4.69, 9.17) is 14.0 Å². The average Bonchev–Trinajstić information content (AvgIpc) is 3.05. The van der Waals surface area contributed by atoms with Crippen LogP contribution < -0.4 is 14.8 Å². The van der Waals surface area contributed by atoms with Crippen LogP contribution in [0.3, 0.4) is 0 Å². The van der Waals surface area contributed by atoms with Gasteiger partial charge >= 0.3 is 0 Å². The third kappa shape index (κ3) is 5.60. The number of ether oxygens (including phenoxy) is 2. The fraction of sp³-hybridized carbons (Fsp3) is 0.238. The molecule has 0 saturated carbocycles. The number of hydrogen-bond donors (Lipinski definition) is 1. The minimum absolute atomic E-state index is 0.108. The monoisotopic (exact) mass is 430 g/mol. The fourth-order valence-electron chi connectivity index (χ4n) is 2.61. The van der Waals surface area contributed by atoms with Gasteiger partial charge in [-0.1, -0.05) is 5.16 Å². The van der Waals surface area contributed by atoms with Gasteiger partial charge < -0.3 is 19.3 Å². The molecule has 0 aliphatic rings. The van der Waals surface area contributed by atoms with Gasteiger partial charge in [0.15, 0.2) is 15.7 Å². The predicted molar refractivity (Wildman–Crippen MR) is 111 cm³/mol. The van der Waals surface area contributed by atoms with Crippen molar-refractivity contribution in [2.24, 2.45) is 0 Å². The number of carbonyl (C=O) groups excluding carboxylic acids is 1. The lowest BCUT2D eigenvalue weighted by Crippen LogP contribution is -2.13. The van der Waals surface area contributed by atoms with Crippen molar-refractivity contribution in [2.75, 3.05) is 11.6 Å². The number of nitrogens with zero attached hydrogens (tertiary/aromatic N) is 1. The molecule has 0 fully saturated rings. The Morgan fingerprint density at radius 3 is 2.27 bits per heavy atom. The molecule has 0 atom stereocenters. The van der Waals surface area contributed by atoms with E-state index in [9.17, 15) is 13.2 Å². The molecule has 0 bridgehead atoms. The van der Waals surface area contributed by atoms with Crippen LogP contribution in [0, 0.1) is 6.92 Å². The molecule has 3 aromatic rings. The van der Waals surface area contributed by atoms with Gasteiger partial charge in [0.05, 0.1) is 11.0 Å². The molecule has 3 rings (SSSR count). The molecule has 30 heavy (non-hydrogen) atoms. The Balaban J connectivity index is 1.87. The number of anilines is 1. The molecular weight excluding hydrogens is 408 g/mol. The third-order valence-electron chi connectivity index (χ3n) is 3.87. The SMILES string of the molecule is Cc1cc(NC(=O)c2cc(Oc3ccc(S(C)(=O)=O)cc3)cc(OC(C)C)c2)no1. The highest BCUT2D eigenvalue weighted by atomic mass is 32.2. The average molecular weight is 430 g/mol. The first-order valence-corrected chi connectivity index (χ1v) is 11.0. The van der Waals surface area contributed by atoms with Crippen LogP contribution in [-0.2, 0) is 9.84 Å². The van der Waals surface area contributed by atoms with Crippen LogP contribution in [0.2, 0.25) is 0 Å². The van der Waals surface area contributed by atoms with Crippen molar-refractivity contribution in [1.29, 1.82) is 0 Å². The molecular formula is C21H22N2O6S. The zero-order chi connectivity index (χ0) is 21.9. The first kappa shape index (κ1) is 21.4. The Hall–Kier alpha value is -3.33. The van der Waals surface area contributed by atoms with E-state index in [0.717, 1.165) is 6.26 Å². The van der Waals surface area contributed by atoms with Crippen LogP contribution in [0.5, 0.6) is 17.2 Å².